The van der Waals surface area contributed by atoms with E-state index in [0.29, 0.717) is 24.9 Å². The fourth-order valence-corrected chi connectivity index (χ4v) is 3.81. The molecule has 8 nitrogen and oxygen atoms in total. The summed E-state index contributed by atoms with van der Waals surface area (Å²) in [6, 6.07) is 2.79. The number of likely N-dealkylation sites (tertiary alicyclic amines) is 1. The van der Waals surface area contributed by atoms with E-state index < -0.39 is 4.92 Å². The number of nitrogens with zero attached hydrogens (tertiary/aromatic N) is 2. The Morgan fingerprint density at radius 2 is 1.84 bits per heavy atom. The lowest BCUT2D eigenvalue weighted by Gasteiger charge is -2.21. The van der Waals surface area contributed by atoms with Crippen molar-refractivity contribution in [1.29, 1.82) is 0 Å². The van der Waals surface area contributed by atoms with Gasteiger partial charge >= 0.3 is 5.69 Å². The van der Waals surface area contributed by atoms with Crippen molar-refractivity contribution in [3.8, 4) is 11.5 Å². The predicted octanol–water partition coefficient (Wildman–Crippen LogP) is 1.68. The summed E-state index contributed by atoms with van der Waals surface area (Å²) in [5.74, 6) is 1.24. The van der Waals surface area contributed by atoms with Gasteiger partial charge in [-0.15, -0.1) is 0 Å². The van der Waals surface area contributed by atoms with Crippen LogP contribution >= 0.6 is 0 Å². The summed E-state index contributed by atoms with van der Waals surface area (Å²) in [6.45, 7) is 3.36. The molecule has 0 bridgehead atoms. The zero-order chi connectivity index (χ0) is 18.0. The number of amides is 1. The van der Waals surface area contributed by atoms with E-state index in [9.17, 15) is 14.9 Å². The third-order valence-corrected chi connectivity index (χ3v) is 5.21. The number of carbonyl (C=O) groups is 1. The minimum absolute atomic E-state index is 0.0283. The monoisotopic (exact) mass is 349 g/mol. The first-order chi connectivity index (χ1) is 12.0. The summed E-state index contributed by atoms with van der Waals surface area (Å²) in [6.07, 6.45) is 1.91. The van der Waals surface area contributed by atoms with E-state index in [2.05, 4.69) is 5.32 Å². The Balaban J connectivity index is 1.86. The molecule has 1 aromatic carbocycles. The molecule has 0 radical (unpaired) electrons. The first-order valence-electron chi connectivity index (χ1n) is 8.45. The molecule has 2 atom stereocenters. The highest BCUT2D eigenvalue weighted by Gasteiger charge is 2.32. The Morgan fingerprint density at radius 3 is 2.36 bits per heavy atom. The van der Waals surface area contributed by atoms with Crippen LogP contribution in [0.4, 0.5) is 5.69 Å². The van der Waals surface area contributed by atoms with E-state index in [-0.39, 0.29) is 28.7 Å². The number of benzene rings is 1. The molecular formula is C17H23N3O5. The average molecular weight is 349 g/mol. The molecule has 2 fully saturated rings. The van der Waals surface area contributed by atoms with Gasteiger partial charge in [0.25, 0.3) is 5.91 Å². The summed E-state index contributed by atoms with van der Waals surface area (Å²) in [5, 5.41) is 14.7. The van der Waals surface area contributed by atoms with E-state index >= 15 is 0 Å². The smallest absolute Gasteiger partial charge is 0.315 e. The van der Waals surface area contributed by atoms with Crippen molar-refractivity contribution in [2.24, 2.45) is 11.8 Å². The van der Waals surface area contributed by atoms with Crippen LogP contribution in [0.25, 0.3) is 0 Å². The molecule has 8 heteroatoms. The molecule has 0 aliphatic carbocycles. The van der Waals surface area contributed by atoms with Crippen molar-refractivity contribution in [3.05, 3.63) is 27.8 Å². The van der Waals surface area contributed by atoms with E-state index in [1.165, 1.54) is 26.4 Å². The summed E-state index contributed by atoms with van der Waals surface area (Å²) in [4.78, 5) is 25.5. The van der Waals surface area contributed by atoms with Gasteiger partial charge in [-0.25, -0.2) is 0 Å². The van der Waals surface area contributed by atoms with Crippen LogP contribution in [0.1, 0.15) is 23.2 Å². The number of nitro groups is 1. The van der Waals surface area contributed by atoms with E-state index in [1.807, 2.05) is 0 Å². The summed E-state index contributed by atoms with van der Waals surface area (Å²) in [7, 11) is 2.74. The second kappa shape index (κ2) is 7.26. The number of hydrogen-bond donors (Lipinski definition) is 1. The Kier molecular flexibility index (Phi) is 5.08. The molecule has 1 amide bonds. The lowest BCUT2D eigenvalue weighted by atomic mass is 9.92. The number of hydrogen-bond acceptors (Lipinski definition) is 6. The van der Waals surface area contributed by atoms with Crippen molar-refractivity contribution < 1.29 is 19.2 Å². The van der Waals surface area contributed by atoms with Gasteiger partial charge in [0.2, 0.25) is 5.75 Å². The quantitative estimate of drug-likeness (QED) is 0.657. The fraction of sp³-hybridized carbons (Fsp3) is 0.588. The van der Waals surface area contributed by atoms with Gasteiger partial charge in [0.15, 0.2) is 5.75 Å². The summed E-state index contributed by atoms with van der Waals surface area (Å²) in [5.41, 5.74) is -0.00405. The lowest BCUT2D eigenvalue weighted by molar-refractivity contribution is -0.385. The molecule has 1 aromatic rings. The number of carbonyl (C=O) groups excluding carboxylic acids is 1. The van der Waals surface area contributed by atoms with Gasteiger partial charge in [-0.2, -0.15) is 0 Å². The Labute approximate surface area is 146 Å². The first kappa shape index (κ1) is 17.5. The minimum Gasteiger partial charge on any atom is -0.493 e. The zero-order valence-electron chi connectivity index (χ0n) is 14.5. The van der Waals surface area contributed by atoms with Gasteiger partial charge in [-0.05, 0) is 43.8 Å². The van der Waals surface area contributed by atoms with Crippen LogP contribution < -0.4 is 14.8 Å². The van der Waals surface area contributed by atoms with Crippen molar-refractivity contribution in [2.45, 2.75) is 12.8 Å². The summed E-state index contributed by atoms with van der Waals surface area (Å²) >= 11 is 0. The second-order valence-electron chi connectivity index (χ2n) is 6.54. The molecule has 0 aromatic heterocycles. The number of fused-ring (bicyclic) bond motifs is 1. The number of rotatable bonds is 4. The van der Waals surface area contributed by atoms with Crippen molar-refractivity contribution in [2.75, 3.05) is 40.4 Å². The Bertz CT molecular complexity index is 664. The van der Waals surface area contributed by atoms with Gasteiger partial charge in [0, 0.05) is 19.2 Å². The molecule has 3 rings (SSSR count). The van der Waals surface area contributed by atoms with Crippen molar-refractivity contribution in [1.82, 2.24) is 10.2 Å². The molecule has 2 aliphatic rings. The molecule has 2 saturated heterocycles. The second-order valence-corrected chi connectivity index (χ2v) is 6.54. The van der Waals surface area contributed by atoms with Crippen LogP contribution in [0.5, 0.6) is 11.5 Å². The largest absolute Gasteiger partial charge is 0.493 e. The normalized spacial score (nSPS) is 22.9. The van der Waals surface area contributed by atoms with E-state index in [0.717, 1.165) is 25.9 Å². The van der Waals surface area contributed by atoms with Crippen LogP contribution in [-0.2, 0) is 0 Å². The van der Waals surface area contributed by atoms with E-state index in [4.69, 9.17) is 9.47 Å². The third-order valence-electron chi connectivity index (χ3n) is 5.21. The maximum atomic E-state index is 12.9. The molecule has 2 heterocycles. The van der Waals surface area contributed by atoms with E-state index in [1.54, 1.807) is 4.90 Å². The minimum atomic E-state index is -0.559. The molecule has 0 saturated carbocycles. The van der Waals surface area contributed by atoms with Crippen LogP contribution in [-0.4, -0.2) is 56.1 Å². The maximum Gasteiger partial charge on any atom is 0.315 e. The molecule has 136 valence electrons. The highest BCUT2D eigenvalue weighted by Crippen LogP contribution is 2.38. The molecule has 0 spiro atoms. The van der Waals surface area contributed by atoms with Crippen LogP contribution in [0.15, 0.2) is 12.1 Å². The highest BCUT2D eigenvalue weighted by molar-refractivity contribution is 5.96. The topological polar surface area (TPSA) is 93.9 Å². The zero-order valence-corrected chi connectivity index (χ0v) is 14.5. The van der Waals surface area contributed by atoms with Crippen molar-refractivity contribution in [3.63, 3.8) is 0 Å². The summed E-state index contributed by atoms with van der Waals surface area (Å²) < 4.78 is 10.3. The number of ether oxygens (including phenoxy) is 2. The SMILES string of the molecule is COc1cc(C(=O)N2CC[C@@H]3CNC[C@@H]3CC2)cc([N+](=O)[O-])c1OC. The van der Waals surface area contributed by atoms with Crippen LogP contribution in [0.2, 0.25) is 0 Å². The van der Waals surface area contributed by atoms with Gasteiger partial charge < -0.3 is 19.7 Å². The predicted molar refractivity (Wildman–Crippen MR) is 91.2 cm³/mol. The third kappa shape index (κ3) is 3.39. The Hall–Kier alpha value is -2.35. The maximum absolute atomic E-state index is 12.9. The van der Waals surface area contributed by atoms with Crippen LogP contribution in [0.3, 0.4) is 0 Å². The molecule has 1 N–H and O–H groups in total. The van der Waals surface area contributed by atoms with Crippen molar-refractivity contribution >= 4 is 11.6 Å². The van der Waals surface area contributed by atoms with Gasteiger partial charge in [0.05, 0.1) is 24.7 Å². The van der Waals surface area contributed by atoms with Gasteiger partial charge in [-0.3, -0.25) is 14.9 Å². The van der Waals surface area contributed by atoms with Gasteiger partial charge in [-0.1, -0.05) is 0 Å². The lowest BCUT2D eigenvalue weighted by Crippen LogP contribution is -2.32. The number of nitrogens with one attached hydrogen (secondary N) is 1. The fourth-order valence-electron chi connectivity index (χ4n) is 3.81. The molecule has 0 unspecified atom stereocenters. The molecule has 2 aliphatic heterocycles. The Morgan fingerprint density at radius 1 is 1.20 bits per heavy atom. The number of nitro benzene ring substituents is 1. The van der Waals surface area contributed by atoms with Crippen LogP contribution in [0, 0.1) is 22.0 Å². The molecular weight excluding hydrogens is 326 g/mol. The highest BCUT2D eigenvalue weighted by atomic mass is 16.6. The average Bonchev–Trinajstić information content (AvgIpc) is 2.98. The number of methoxy groups -OCH3 is 2. The molecule has 25 heavy (non-hydrogen) atoms. The first-order valence-corrected chi connectivity index (χ1v) is 8.45. The standard InChI is InChI=1S/C17H23N3O5/c1-24-15-8-13(7-14(20(22)23)16(15)25-2)17(21)19-5-3-11-9-18-10-12(11)4-6-19/h7-8,11-12,18H,3-6,9-10H2,1-2H3/t11-,12+. The van der Waals surface area contributed by atoms with Gasteiger partial charge in [0.1, 0.15) is 0 Å².